The van der Waals surface area contributed by atoms with Gasteiger partial charge in [-0.15, -0.1) is 0 Å². The molecule has 1 aromatic rings. The van der Waals surface area contributed by atoms with E-state index in [1.54, 1.807) is 13.0 Å². The molecule has 3 rings (SSSR count). The Morgan fingerprint density at radius 2 is 2.00 bits per heavy atom. The molecular weight excluding hydrogens is 282 g/mol. The quantitative estimate of drug-likeness (QED) is 0.792. The molecule has 1 aromatic carbocycles. The lowest BCUT2D eigenvalue weighted by Crippen LogP contribution is -2.54. The maximum Gasteiger partial charge on any atom is 0.352 e. The number of nitrogens with one attached hydrogen (secondary N) is 1. The molecule has 7 heteroatoms. The van der Waals surface area contributed by atoms with Crippen molar-refractivity contribution < 1.29 is 23.2 Å². The average molecular weight is 294 g/mol. The van der Waals surface area contributed by atoms with E-state index < -0.39 is 35.2 Å². The molecule has 1 N–H and O–H groups in total. The van der Waals surface area contributed by atoms with Gasteiger partial charge in [0.2, 0.25) is 11.8 Å². The van der Waals surface area contributed by atoms with Crippen LogP contribution in [0.5, 0.6) is 0 Å². The van der Waals surface area contributed by atoms with Crippen LogP contribution in [0.1, 0.15) is 24.0 Å². The number of hydrogen-bond acceptors (Lipinski definition) is 3. The number of fused-ring (bicyclic) bond motifs is 1. The van der Waals surface area contributed by atoms with Gasteiger partial charge < -0.3 is 0 Å². The highest BCUT2D eigenvalue weighted by Gasteiger charge is 2.56. The molecule has 0 bridgehead atoms. The van der Waals surface area contributed by atoms with Crippen molar-refractivity contribution in [3.8, 4) is 0 Å². The summed E-state index contributed by atoms with van der Waals surface area (Å²) < 4.78 is 28.3. The Balaban J connectivity index is 2.07. The van der Waals surface area contributed by atoms with Crippen LogP contribution in [0.4, 0.5) is 14.5 Å². The first-order valence-electron chi connectivity index (χ1n) is 6.48. The maximum atomic E-state index is 14.1. The molecule has 1 fully saturated rings. The fourth-order valence-corrected chi connectivity index (χ4v) is 2.73. The Bertz CT molecular complexity index is 672. The van der Waals surface area contributed by atoms with E-state index in [1.165, 1.54) is 12.1 Å². The standard InChI is InChI=1S/C14H12F2N2O3/c1-7-2-3-9-8(6-7)14(15,16)13(21)18(9)10-4-5-11(19)17-12(10)20/h2-3,6,10H,4-5H2,1H3,(H,17,19,20). The van der Waals surface area contributed by atoms with Crippen LogP contribution in [-0.4, -0.2) is 23.8 Å². The van der Waals surface area contributed by atoms with E-state index in [0.29, 0.717) is 5.56 Å². The number of halogens is 2. The molecule has 2 heterocycles. The minimum atomic E-state index is -3.65. The molecule has 1 saturated heterocycles. The van der Waals surface area contributed by atoms with Gasteiger partial charge in [-0.05, 0) is 25.5 Å². The van der Waals surface area contributed by atoms with Crippen LogP contribution in [-0.2, 0) is 20.3 Å². The van der Waals surface area contributed by atoms with E-state index in [-0.39, 0.29) is 18.5 Å². The molecule has 2 aliphatic rings. The lowest BCUT2D eigenvalue weighted by atomic mass is 10.0. The van der Waals surface area contributed by atoms with Gasteiger partial charge in [0.15, 0.2) is 0 Å². The van der Waals surface area contributed by atoms with Gasteiger partial charge in [0.05, 0.1) is 11.3 Å². The molecule has 0 saturated carbocycles. The molecule has 1 atom stereocenters. The number of imide groups is 1. The number of anilines is 1. The van der Waals surface area contributed by atoms with E-state index >= 15 is 0 Å². The molecule has 5 nitrogen and oxygen atoms in total. The molecular formula is C14H12F2N2O3. The van der Waals surface area contributed by atoms with Gasteiger partial charge in [0.25, 0.3) is 0 Å². The predicted octanol–water partition coefficient (Wildman–Crippen LogP) is 1.24. The largest absolute Gasteiger partial charge is 0.352 e. The van der Waals surface area contributed by atoms with Crippen LogP contribution < -0.4 is 10.2 Å². The van der Waals surface area contributed by atoms with Gasteiger partial charge in [-0.3, -0.25) is 24.6 Å². The first-order chi connectivity index (χ1) is 9.82. The van der Waals surface area contributed by atoms with E-state index in [1.807, 2.05) is 0 Å². The van der Waals surface area contributed by atoms with Gasteiger partial charge in [0, 0.05) is 6.42 Å². The van der Waals surface area contributed by atoms with Gasteiger partial charge in [0.1, 0.15) is 6.04 Å². The number of carbonyl (C=O) groups is 3. The third-order valence-electron chi connectivity index (χ3n) is 3.76. The third-order valence-corrected chi connectivity index (χ3v) is 3.76. The number of amides is 3. The summed E-state index contributed by atoms with van der Waals surface area (Å²) >= 11 is 0. The Labute approximate surface area is 118 Å². The molecule has 21 heavy (non-hydrogen) atoms. The third kappa shape index (κ3) is 1.91. The van der Waals surface area contributed by atoms with Crippen molar-refractivity contribution in [1.82, 2.24) is 5.32 Å². The highest BCUT2D eigenvalue weighted by atomic mass is 19.3. The number of aryl methyl sites for hydroxylation is 1. The number of nitrogens with zero attached hydrogens (tertiary/aromatic N) is 1. The van der Waals surface area contributed by atoms with E-state index in [0.717, 1.165) is 4.90 Å². The SMILES string of the molecule is Cc1ccc2c(c1)C(F)(F)C(=O)N2C1CCC(=O)NC1=O. The molecule has 2 aliphatic heterocycles. The summed E-state index contributed by atoms with van der Waals surface area (Å²) in [5.41, 5.74) is 0.244. The zero-order valence-electron chi connectivity index (χ0n) is 11.2. The monoisotopic (exact) mass is 294 g/mol. The lowest BCUT2D eigenvalue weighted by molar-refractivity contribution is -0.144. The minimum Gasteiger partial charge on any atom is -0.295 e. The molecule has 1 unspecified atom stereocenters. The Hall–Kier alpha value is -2.31. The number of piperidine rings is 1. The fourth-order valence-electron chi connectivity index (χ4n) is 2.73. The van der Waals surface area contributed by atoms with Crippen LogP contribution in [0, 0.1) is 6.92 Å². The van der Waals surface area contributed by atoms with Gasteiger partial charge >= 0.3 is 11.8 Å². The molecule has 110 valence electrons. The first kappa shape index (κ1) is 13.7. The van der Waals surface area contributed by atoms with Gasteiger partial charge in [-0.2, -0.15) is 8.78 Å². The number of rotatable bonds is 1. The summed E-state index contributed by atoms with van der Waals surface area (Å²) in [6, 6.07) is 3.18. The Kier molecular flexibility index (Phi) is 2.82. The second kappa shape index (κ2) is 4.34. The van der Waals surface area contributed by atoms with Crippen molar-refractivity contribution in [2.75, 3.05) is 4.90 Å². The zero-order valence-corrected chi connectivity index (χ0v) is 11.2. The van der Waals surface area contributed by atoms with Crippen LogP contribution in [0.3, 0.4) is 0 Å². The highest BCUT2D eigenvalue weighted by molar-refractivity contribution is 6.12. The predicted molar refractivity (Wildman–Crippen MR) is 68.7 cm³/mol. The van der Waals surface area contributed by atoms with E-state index in [2.05, 4.69) is 5.32 Å². The molecule has 0 radical (unpaired) electrons. The van der Waals surface area contributed by atoms with Crippen LogP contribution >= 0.6 is 0 Å². The van der Waals surface area contributed by atoms with E-state index in [4.69, 9.17) is 0 Å². The van der Waals surface area contributed by atoms with Crippen molar-refractivity contribution in [2.24, 2.45) is 0 Å². The molecule has 3 amide bonds. The zero-order chi connectivity index (χ0) is 15.4. The van der Waals surface area contributed by atoms with Crippen molar-refractivity contribution >= 4 is 23.4 Å². The Morgan fingerprint density at radius 3 is 2.67 bits per heavy atom. The van der Waals surface area contributed by atoms with Crippen molar-refractivity contribution in [3.63, 3.8) is 0 Å². The Morgan fingerprint density at radius 1 is 1.29 bits per heavy atom. The first-order valence-corrected chi connectivity index (χ1v) is 6.48. The second-order valence-corrected chi connectivity index (χ2v) is 5.24. The topological polar surface area (TPSA) is 66.5 Å². The number of hydrogen-bond donors (Lipinski definition) is 1. The number of carbonyl (C=O) groups excluding carboxylic acids is 3. The van der Waals surface area contributed by atoms with Crippen LogP contribution in [0.15, 0.2) is 18.2 Å². The number of alkyl halides is 2. The molecule has 0 aromatic heterocycles. The van der Waals surface area contributed by atoms with Crippen LogP contribution in [0.25, 0.3) is 0 Å². The summed E-state index contributed by atoms with van der Waals surface area (Å²) in [6.45, 7) is 1.65. The molecule has 0 aliphatic carbocycles. The fraction of sp³-hybridized carbons (Fsp3) is 0.357. The summed E-state index contributed by atoms with van der Waals surface area (Å²) in [5, 5.41) is 2.08. The normalized spacial score (nSPS) is 24.0. The number of benzene rings is 1. The van der Waals surface area contributed by atoms with Gasteiger partial charge in [-0.25, -0.2) is 0 Å². The summed E-state index contributed by atoms with van der Waals surface area (Å²) in [5.74, 6) is -6.25. The van der Waals surface area contributed by atoms with Crippen molar-refractivity contribution in [1.29, 1.82) is 0 Å². The second-order valence-electron chi connectivity index (χ2n) is 5.24. The lowest BCUT2D eigenvalue weighted by Gasteiger charge is -2.29. The van der Waals surface area contributed by atoms with Crippen LogP contribution in [0.2, 0.25) is 0 Å². The molecule has 0 spiro atoms. The average Bonchev–Trinajstić information content (AvgIpc) is 2.59. The smallest absolute Gasteiger partial charge is 0.295 e. The highest BCUT2D eigenvalue weighted by Crippen LogP contribution is 2.46. The minimum absolute atomic E-state index is 0.0208. The van der Waals surface area contributed by atoms with Gasteiger partial charge in [-0.1, -0.05) is 11.6 Å². The summed E-state index contributed by atoms with van der Waals surface area (Å²) in [6.07, 6.45) is 0.0623. The van der Waals surface area contributed by atoms with E-state index in [9.17, 15) is 23.2 Å². The van der Waals surface area contributed by atoms with Crippen molar-refractivity contribution in [2.45, 2.75) is 31.7 Å². The maximum absolute atomic E-state index is 14.1. The summed E-state index contributed by atoms with van der Waals surface area (Å²) in [4.78, 5) is 35.9. The van der Waals surface area contributed by atoms with Crippen molar-refractivity contribution in [3.05, 3.63) is 29.3 Å². The summed E-state index contributed by atoms with van der Waals surface area (Å²) in [7, 11) is 0.